The zero-order valence-electron chi connectivity index (χ0n) is 62.4. The second kappa shape index (κ2) is 23.9. The summed E-state index contributed by atoms with van der Waals surface area (Å²) in [6.45, 7) is 34.5. The van der Waals surface area contributed by atoms with E-state index in [1.807, 2.05) is 0 Å². The van der Waals surface area contributed by atoms with E-state index >= 15 is 0 Å². The van der Waals surface area contributed by atoms with Crippen LogP contribution in [-0.2, 0) is 27.1 Å². The Morgan fingerprint density at radius 2 is 0.709 bits per heavy atom. The van der Waals surface area contributed by atoms with E-state index in [4.69, 9.17) is 0 Å². The topological polar surface area (TPSA) is 14.7 Å². The summed E-state index contributed by atoms with van der Waals surface area (Å²) in [4.78, 5) is 7.86. The molecule has 14 aromatic rings. The first-order chi connectivity index (χ1) is 49.2. The standard InChI is InChI=1S/C98H91BN4/c1-94(2,3)68-36-33-64(34-37-68)65-29-24-30-75(53-65)102-89-59-76(101-86-51-42-71(97(10,11)12)57-81(86)82-58-72(98(13,14)15)43-52-87(82)101)48-49-84(89)99-85-56-67(63-27-20-17-21-28-63)55-83-79-32-23-22-31-78(79)80-54-66(62-25-18-16-19-26-62)35-50-88(80)103(93(83)85)91-61-77(60-90(102)92(91)99)100(73-44-38-69(39-45-73)95(4,5)6)74-46-40-70(41-47-74)96(7,8)9/h16-61H,1-15H3. The number of hydrogen-bond acceptors (Lipinski definition) is 3. The van der Waals surface area contributed by atoms with Crippen LogP contribution in [0.25, 0.3) is 83.1 Å². The predicted molar refractivity (Wildman–Crippen MR) is 444 cm³/mol. The second-order valence-electron chi connectivity index (χ2n) is 34.3. The van der Waals surface area contributed by atoms with Crippen LogP contribution < -0.4 is 31.1 Å². The molecule has 4 heterocycles. The highest BCUT2D eigenvalue weighted by Crippen LogP contribution is 2.57. The van der Waals surface area contributed by atoms with Gasteiger partial charge in [-0.1, -0.05) is 280 Å². The van der Waals surface area contributed by atoms with Gasteiger partial charge >= 0.3 is 0 Å². The molecule has 0 amide bonds. The summed E-state index contributed by atoms with van der Waals surface area (Å²) < 4.78 is 2.55. The van der Waals surface area contributed by atoms with Crippen LogP contribution in [0.4, 0.5) is 51.2 Å². The lowest BCUT2D eigenvalue weighted by Crippen LogP contribution is -2.61. The van der Waals surface area contributed by atoms with Crippen molar-refractivity contribution in [2.45, 2.75) is 131 Å². The van der Waals surface area contributed by atoms with Crippen molar-refractivity contribution in [3.05, 3.63) is 307 Å². The molecule has 0 bridgehead atoms. The van der Waals surface area contributed by atoms with Crippen molar-refractivity contribution in [2.75, 3.05) is 14.7 Å². The highest BCUT2D eigenvalue weighted by Gasteiger charge is 2.47. The largest absolute Gasteiger partial charge is 0.311 e. The van der Waals surface area contributed by atoms with Crippen LogP contribution in [-0.4, -0.2) is 11.3 Å². The third-order valence-corrected chi connectivity index (χ3v) is 22.3. The summed E-state index contributed by atoms with van der Waals surface area (Å²) in [5.74, 6) is 0. The summed E-state index contributed by atoms with van der Waals surface area (Å²) in [5, 5.41) is 2.53. The van der Waals surface area contributed by atoms with E-state index in [1.165, 1.54) is 122 Å². The van der Waals surface area contributed by atoms with Gasteiger partial charge in [-0.25, -0.2) is 0 Å². The lowest BCUT2D eigenvalue weighted by molar-refractivity contribution is 0.590. The number of aromatic nitrogens is 1. The van der Waals surface area contributed by atoms with Crippen molar-refractivity contribution in [3.8, 4) is 61.3 Å². The highest BCUT2D eigenvalue weighted by atomic mass is 15.2. The minimum atomic E-state index is -0.231. The van der Waals surface area contributed by atoms with Gasteiger partial charge < -0.3 is 19.3 Å². The Kier molecular flexibility index (Phi) is 15.2. The number of hydrogen-bond donors (Lipinski definition) is 0. The fourth-order valence-corrected chi connectivity index (χ4v) is 16.5. The molecule has 103 heavy (non-hydrogen) atoms. The number of fused-ring (bicyclic) bond motifs is 12. The molecule has 5 heteroatoms. The van der Waals surface area contributed by atoms with Crippen molar-refractivity contribution in [2.24, 2.45) is 0 Å². The molecule has 0 saturated heterocycles. The van der Waals surface area contributed by atoms with Crippen molar-refractivity contribution in [1.82, 2.24) is 4.57 Å². The van der Waals surface area contributed by atoms with Crippen molar-refractivity contribution in [3.63, 3.8) is 0 Å². The summed E-state index contributed by atoms with van der Waals surface area (Å²) in [6, 6.07) is 108. The molecule has 0 radical (unpaired) electrons. The monoisotopic (exact) mass is 1330 g/mol. The first kappa shape index (κ1) is 65.4. The van der Waals surface area contributed by atoms with Gasteiger partial charge in [0.25, 0.3) is 6.71 Å². The molecule has 0 atom stereocenters. The molecule has 1 aromatic heterocycles. The summed E-state index contributed by atoms with van der Waals surface area (Å²) in [7, 11) is 0. The van der Waals surface area contributed by atoms with Gasteiger partial charge in [0.15, 0.2) is 0 Å². The maximum atomic E-state index is 2.69. The Hall–Kier alpha value is -10.9. The predicted octanol–water partition coefficient (Wildman–Crippen LogP) is 25.5. The molecule has 506 valence electrons. The third-order valence-electron chi connectivity index (χ3n) is 22.3. The van der Waals surface area contributed by atoms with Crippen molar-refractivity contribution < 1.29 is 0 Å². The minimum Gasteiger partial charge on any atom is -0.311 e. The molecular formula is C98H91BN4. The number of nitrogens with zero attached hydrogens (tertiary/aromatic N) is 4. The molecule has 4 nitrogen and oxygen atoms in total. The van der Waals surface area contributed by atoms with E-state index in [-0.39, 0.29) is 33.8 Å². The summed E-state index contributed by atoms with van der Waals surface area (Å²) in [6.07, 6.45) is 0. The molecule has 0 N–H and O–H groups in total. The Bertz CT molecular complexity index is 5560. The van der Waals surface area contributed by atoms with Gasteiger partial charge in [0.05, 0.1) is 22.4 Å². The van der Waals surface area contributed by atoms with E-state index in [9.17, 15) is 0 Å². The molecule has 3 aliphatic heterocycles. The first-order valence-electron chi connectivity index (χ1n) is 37.0. The minimum absolute atomic E-state index is 0.00954. The Balaban J connectivity index is 1.02. The van der Waals surface area contributed by atoms with Crippen LogP contribution in [0.5, 0.6) is 0 Å². The van der Waals surface area contributed by atoms with Gasteiger partial charge in [0.2, 0.25) is 0 Å². The smallest absolute Gasteiger partial charge is 0.252 e. The van der Waals surface area contributed by atoms with Crippen LogP contribution in [0, 0.1) is 0 Å². The van der Waals surface area contributed by atoms with Gasteiger partial charge in [-0.15, -0.1) is 0 Å². The highest BCUT2D eigenvalue weighted by molar-refractivity contribution is 7.00. The molecule has 0 saturated carbocycles. The normalized spacial score (nSPS) is 13.3. The summed E-state index contributed by atoms with van der Waals surface area (Å²) >= 11 is 0. The third kappa shape index (κ3) is 11.2. The zero-order chi connectivity index (χ0) is 71.4. The molecule has 3 aliphatic rings. The summed E-state index contributed by atoms with van der Waals surface area (Å²) in [5.41, 5.74) is 35.5. The van der Waals surface area contributed by atoms with Gasteiger partial charge in [-0.3, -0.25) is 0 Å². The number of anilines is 9. The Labute approximate surface area is 610 Å². The van der Waals surface area contributed by atoms with Gasteiger partial charge in [-0.05, 0) is 219 Å². The second-order valence-corrected chi connectivity index (χ2v) is 34.3. The van der Waals surface area contributed by atoms with Crippen molar-refractivity contribution >= 4 is 96.1 Å². The Morgan fingerprint density at radius 3 is 1.25 bits per heavy atom. The van der Waals surface area contributed by atoms with E-state index in [0.29, 0.717) is 0 Å². The SMILES string of the molecule is CC(C)(C)c1ccc(-c2cccc(N3c4cc(-n5c6ccc(C(C)(C)C)cc6c6cc(C(C)(C)C)ccc65)ccc4B4c5cc(-c6ccccc6)cc6c5N(c5ccc(-c7ccccc7)cc5-c5ccccc5-6)c5cc(N(c6ccc(C(C)(C)C)cc6)c6ccc(C(C)(C)C)cc6)cc3c54)c2)cc1. The lowest BCUT2D eigenvalue weighted by Gasteiger charge is -2.45. The van der Waals surface area contributed by atoms with Crippen LogP contribution in [0.15, 0.2) is 279 Å². The van der Waals surface area contributed by atoms with Crippen LogP contribution in [0.1, 0.15) is 132 Å². The molecule has 0 spiro atoms. The molecular weight excluding hydrogens is 1240 g/mol. The quantitative estimate of drug-likeness (QED) is 0.141. The van der Waals surface area contributed by atoms with Crippen LogP contribution in [0.3, 0.4) is 0 Å². The molecule has 0 aliphatic carbocycles. The van der Waals surface area contributed by atoms with Crippen LogP contribution >= 0.6 is 0 Å². The van der Waals surface area contributed by atoms with Crippen molar-refractivity contribution in [1.29, 1.82) is 0 Å². The number of benzene rings is 13. The Morgan fingerprint density at radius 1 is 0.262 bits per heavy atom. The molecule has 13 aromatic carbocycles. The maximum Gasteiger partial charge on any atom is 0.252 e. The van der Waals surface area contributed by atoms with E-state index in [2.05, 4.69) is 402 Å². The van der Waals surface area contributed by atoms with E-state index in [1.54, 1.807) is 0 Å². The maximum absolute atomic E-state index is 2.69. The van der Waals surface area contributed by atoms with E-state index < -0.39 is 0 Å². The molecule has 17 rings (SSSR count). The zero-order valence-corrected chi connectivity index (χ0v) is 62.4. The van der Waals surface area contributed by atoms with Crippen LogP contribution in [0.2, 0.25) is 0 Å². The molecule has 0 fully saturated rings. The average molecular weight is 1340 g/mol. The lowest BCUT2D eigenvalue weighted by atomic mass is 9.33. The fourth-order valence-electron chi connectivity index (χ4n) is 16.5. The van der Waals surface area contributed by atoms with Gasteiger partial charge in [0.1, 0.15) is 0 Å². The average Bonchev–Trinajstić information content (AvgIpc) is 1.67. The fraction of sp³-hybridized carbons (Fsp3) is 0.204. The van der Waals surface area contributed by atoms with E-state index in [0.717, 1.165) is 56.7 Å². The van der Waals surface area contributed by atoms with Gasteiger partial charge in [-0.2, -0.15) is 0 Å². The first-order valence-corrected chi connectivity index (χ1v) is 37.0. The molecule has 0 unspecified atom stereocenters. The van der Waals surface area contributed by atoms with Gasteiger partial charge in [0, 0.05) is 67.4 Å². The number of rotatable bonds is 8.